The molecule has 0 aliphatic carbocycles. The first-order valence-corrected chi connectivity index (χ1v) is 6.45. The first kappa shape index (κ1) is 15.3. The molecule has 0 saturated heterocycles. The zero-order valence-corrected chi connectivity index (χ0v) is 11.2. The summed E-state index contributed by atoms with van der Waals surface area (Å²) in [5, 5.41) is 0. The molecule has 6 heteroatoms. The van der Waals surface area contributed by atoms with Gasteiger partial charge in [-0.2, -0.15) is 0 Å². The molecular formula is C15H15F3N2O. The molecule has 0 bridgehead atoms. The van der Waals surface area contributed by atoms with E-state index < -0.39 is 6.36 Å². The summed E-state index contributed by atoms with van der Waals surface area (Å²) in [4.78, 5) is 4.18. The van der Waals surface area contributed by atoms with Crippen molar-refractivity contribution in [3.63, 3.8) is 0 Å². The molecule has 1 heterocycles. The smallest absolute Gasteiger partial charge is 0.406 e. The van der Waals surface area contributed by atoms with E-state index in [0.717, 1.165) is 5.69 Å². The number of alkyl halides is 3. The summed E-state index contributed by atoms with van der Waals surface area (Å²) in [6.45, 7) is 0. The second-order valence-corrected chi connectivity index (χ2v) is 4.59. The molecule has 21 heavy (non-hydrogen) atoms. The monoisotopic (exact) mass is 296 g/mol. The van der Waals surface area contributed by atoms with Crippen LogP contribution in [0.5, 0.6) is 5.75 Å². The summed E-state index contributed by atoms with van der Waals surface area (Å²) >= 11 is 0. The highest BCUT2D eigenvalue weighted by molar-refractivity contribution is 5.30. The Bertz CT molecular complexity index is 573. The molecule has 0 aliphatic rings. The van der Waals surface area contributed by atoms with Gasteiger partial charge in [0.25, 0.3) is 0 Å². The van der Waals surface area contributed by atoms with Gasteiger partial charge in [-0.25, -0.2) is 0 Å². The molecule has 0 radical (unpaired) electrons. The number of halogens is 3. The van der Waals surface area contributed by atoms with Gasteiger partial charge in [-0.05, 0) is 42.7 Å². The predicted molar refractivity (Wildman–Crippen MR) is 72.6 cm³/mol. The number of pyridine rings is 1. The molecule has 0 fully saturated rings. The molecule has 1 aromatic carbocycles. The summed E-state index contributed by atoms with van der Waals surface area (Å²) in [5.74, 6) is -0.256. The Morgan fingerprint density at radius 1 is 1.14 bits per heavy atom. The van der Waals surface area contributed by atoms with Crippen LogP contribution in [-0.4, -0.2) is 11.3 Å². The van der Waals surface area contributed by atoms with E-state index in [4.69, 9.17) is 5.73 Å². The zero-order chi connectivity index (χ0) is 15.3. The molecule has 2 N–H and O–H groups in total. The Hall–Kier alpha value is -2.08. The number of hydrogen-bond acceptors (Lipinski definition) is 3. The molecule has 0 aliphatic heterocycles. The Morgan fingerprint density at radius 2 is 1.95 bits per heavy atom. The lowest BCUT2D eigenvalue weighted by atomic mass is 10.0. The molecule has 0 saturated carbocycles. The summed E-state index contributed by atoms with van der Waals surface area (Å²) in [7, 11) is 0. The van der Waals surface area contributed by atoms with Gasteiger partial charge in [0.2, 0.25) is 0 Å². The molecule has 1 atom stereocenters. The first-order chi connectivity index (χ1) is 9.94. The average Bonchev–Trinajstić information content (AvgIpc) is 2.44. The van der Waals surface area contributed by atoms with E-state index in [2.05, 4.69) is 9.72 Å². The van der Waals surface area contributed by atoms with Gasteiger partial charge in [-0.15, -0.1) is 13.2 Å². The van der Waals surface area contributed by atoms with E-state index >= 15 is 0 Å². The summed E-state index contributed by atoms with van der Waals surface area (Å²) < 4.78 is 40.4. The van der Waals surface area contributed by atoms with Gasteiger partial charge < -0.3 is 10.5 Å². The van der Waals surface area contributed by atoms with Crippen molar-refractivity contribution >= 4 is 0 Å². The number of rotatable bonds is 5. The normalized spacial score (nSPS) is 13.0. The summed E-state index contributed by atoms with van der Waals surface area (Å²) in [6.07, 6.45) is -1.76. The van der Waals surface area contributed by atoms with Crippen molar-refractivity contribution < 1.29 is 17.9 Å². The van der Waals surface area contributed by atoms with Crippen molar-refractivity contribution in [1.82, 2.24) is 4.98 Å². The number of nitrogens with zero attached hydrogens (tertiary/aromatic N) is 1. The standard InChI is InChI=1S/C15H15F3N2O/c16-15(17,18)21-13-6-3-4-11(10-13)14(19)8-7-12-5-1-2-9-20-12/h1-6,9-10,14H,7-8,19H2. The lowest BCUT2D eigenvalue weighted by Gasteiger charge is -2.14. The minimum Gasteiger partial charge on any atom is -0.406 e. The zero-order valence-electron chi connectivity index (χ0n) is 11.2. The molecule has 3 nitrogen and oxygen atoms in total. The average molecular weight is 296 g/mol. The van der Waals surface area contributed by atoms with Crippen LogP contribution in [0.4, 0.5) is 13.2 Å². The van der Waals surface area contributed by atoms with Gasteiger partial charge in [-0.3, -0.25) is 4.98 Å². The fraction of sp³-hybridized carbons (Fsp3) is 0.267. The predicted octanol–water partition coefficient (Wildman–Crippen LogP) is 3.61. The van der Waals surface area contributed by atoms with Crippen LogP contribution >= 0.6 is 0 Å². The highest BCUT2D eigenvalue weighted by atomic mass is 19.4. The van der Waals surface area contributed by atoms with Crippen LogP contribution in [0.25, 0.3) is 0 Å². The number of hydrogen-bond donors (Lipinski definition) is 1. The third-order valence-corrected chi connectivity index (χ3v) is 2.96. The van der Waals surface area contributed by atoms with Crippen molar-refractivity contribution in [3.8, 4) is 5.75 Å². The fourth-order valence-electron chi connectivity index (χ4n) is 1.96. The van der Waals surface area contributed by atoms with Crippen molar-refractivity contribution in [2.75, 3.05) is 0 Å². The minimum absolute atomic E-state index is 0.256. The Balaban J connectivity index is 1.99. The van der Waals surface area contributed by atoms with E-state index in [9.17, 15) is 13.2 Å². The van der Waals surface area contributed by atoms with Crippen molar-refractivity contribution in [2.45, 2.75) is 25.2 Å². The van der Waals surface area contributed by atoms with Crippen LogP contribution in [0, 0.1) is 0 Å². The highest BCUT2D eigenvalue weighted by Gasteiger charge is 2.31. The molecule has 112 valence electrons. The van der Waals surface area contributed by atoms with Crippen LogP contribution in [0.1, 0.15) is 23.7 Å². The second-order valence-electron chi connectivity index (χ2n) is 4.59. The third-order valence-electron chi connectivity index (χ3n) is 2.96. The SMILES string of the molecule is NC(CCc1ccccn1)c1cccc(OC(F)(F)F)c1. The maximum absolute atomic E-state index is 12.2. The molecular weight excluding hydrogens is 281 g/mol. The summed E-state index contributed by atoms with van der Waals surface area (Å²) in [6, 6.07) is 11.0. The number of benzene rings is 1. The minimum atomic E-state index is -4.70. The molecule has 0 amide bonds. The lowest BCUT2D eigenvalue weighted by Crippen LogP contribution is -2.18. The van der Waals surface area contributed by atoms with E-state index in [1.165, 1.54) is 18.2 Å². The highest BCUT2D eigenvalue weighted by Crippen LogP contribution is 2.26. The van der Waals surface area contributed by atoms with E-state index in [1.54, 1.807) is 12.3 Å². The van der Waals surface area contributed by atoms with Gasteiger partial charge in [0.1, 0.15) is 5.75 Å². The molecule has 0 spiro atoms. The molecule has 1 aromatic heterocycles. The third kappa shape index (κ3) is 5.07. The first-order valence-electron chi connectivity index (χ1n) is 6.45. The van der Waals surface area contributed by atoms with Crippen LogP contribution in [0.2, 0.25) is 0 Å². The molecule has 2 rings (SSSR count). The van der Waals surface area contributed by atoms with Gasteiger partial charge in [0.05, 0.1) is 0 Å². The van der Waals surface area contributed by atoms with Crippen LogP contribution in [0.15, 0.2) is 48.7 Å². The lowest BCUT2D eigenvalue weighted by molar-refractivity contribution is -0.274. The summed E-state index contributed by atoms with van der Waals surface area (Å²) in [5.41, 5.74) is 7.51. The van der Waals surface area contributed by atoms with E-state index in [0.29, 0.717) is 18.4 Å². The van der Waals surface area contributed by atoms with Gasteiger partial charge in [0, 0.05) is 17.9 Å². The van der Waals surface area contributed by atoms with Crippen molar-refractivity contribution in [3.05, 3.63) is 59.9 Å². The van der Waals surface area contributed by atoms with Gasteiger partial charge >= 0.3 is 6.36 Å². The van der Waals surface area contributed by atoms with Gasteiger partial charge in [-0.1, -0.05) is 18.2 Å². The number of ether oxygens (including phenoxy) is 1. The Kier molecular flexibility index (Phi) is 4.80. The van der Waals surface area contributed by atoms with Crippen LogP contribution in [0.3, 0.4) is 0 Å². The number of nitrogens with two attached hydrogens (primary N) is 1. The number of aryl methyl sites for hydroxylation is 1. The Morgan fingerprint density at radius 3 is 2.62 bits per heavy atom. The molecule has 1 unspecified atom stereocenters. The molecule has 2 aromatic rings. The maximum Gasteiger partial charge on any atom is 0.573 e. The second kappa shape index (κ2) is 6.58. The van der Waals surface area contributed by atoms with Gasteiger partial charge in [0.15, 0.2) is 0 Å². The fourth-order valence-corrected chi connectivity index (χ4v) is 1.96. The Labute approximate surface area is 120 Å². The van der Waals surface area contributed by atoms with E-state index in [1.807, 2.05) is 18.2 Å². The maximum atomic E-state index is 12.2. The van der Waals surface area contributed by atoms with E-state index in [-0.39, 0.29) is 11.8 Å². The number of aromatic nitrogens is 1. The van der Waals surface area contributed by atoms with Crippen molar-refractivity contribution in [1.29, 1.82) is 0 Å². The quantitative estimate of drug-likeness (QED) is 0.917. The van der Waals surface area contributed by atoms with Crippen molar-refractivity contribution in [2.24, 2.45) is 5.73 Å². The van der Waals surface area contributed by atoms with Crippen LogP contribution < -0.4 is 10.5 Å². The largest absolute Gasteiger partial charge is 0.573 e. The van der Waals surface area contributed by atoms with Crippen LogP contribution in [-0.2, 0) is 6.42 Å². The topological polar surface area (TPSA) is 48.1 Å².